The van der Waals surface area contributed by atoms with Crippen molar-refractivity contribution < 1.29 is 8.78 Å². The van der Waals surface area contributed by atoms with Crippen molar-refractivity contribution in [1.82, 2.24) is 14.3 Å². The Balaban J connectivity index is 1.51. The summed E-state index contributed by atoms with van der Waals surface area (Å²) in [4.78, 5) is 13.0. The highest BCUT2D eigenvalue weighted by Gasteiger charge is 2.70. The van der Waals surface area contributed by atoms with Crippen LogP contribution in [0.5, 0.6) is 0 Å². The Morgan fingerprint density at radius 2 is 1.92 bits per heavy atom. The quantitative estimate of drug-likeness (QED) is 0.861. The van der Waals surface area contributed by atoms with Gasteiger partial charge in [0.05, 0.1) is 17.6 Å². The second-order valence-electron chi connectivity index (χ2n) is 7.83. The first-order chi connectivity index (χ1) is 12.0. The van der Waals surface area contributed by atoms with E-state index >= 15 is 0 Å². The molecule has 0 saturated heterocycles. The van der Waals surface area contributed by atoms with E-state index in [-0.39, 0.29) is 22.7 Å². The first-order valence-corrected chi connectivity index (χ1v) is 8.49. The third-order valence-corrected chi connectivity index (χ3v) is 6.12. The molecular formula is C18H16F2N4O. The van der Waals surface area contributed by atoms with E-state index in [0.717, 1.165) is 25.3 Å². The van der Waals surface area contributed by atoms with E-state index in [1.807, 2.05) is 0 Å². The van der Waals surface area contributed by atoms with Crippen molar-refractivity contribution in [1.29, 1.82) is 5.26 Å². The van der Waals surface area contributed by atoms with Crippen LogP contribution in [-0.2, 0) is 12.0 Å². The van der Waals surface area contributed by atoms with Gasteiger partial charge in [-0.1, -0.05) is 0 Å². The van der Waals surface area contributed by atoms with Gasteiger partial charge in [-0.2, -0.15) is 10.4 Å². The maximum absolute atomic E-state index is 13.6. The standard InChI is InChI=1S/C18H16F2N4O/c19-12-5-11(6-13(20)7-12)14-1-2-15-22-24(16(25)23(14)15)18-8-17(9-18,10-18)3-4-21/h5-7,14H,1-3,8-10H2/t14-,17?,18?/m0/s1. The third-order valence-electron chi connectivity index (χ3n) is 6.12. The summed E-state index contributed by atoms with van der Waals surface area (Å²) < 4.78 is 30.3. The smallest absolute Gasteiger partial charge is 0.271 e. The van der Waals surface area contributed by atoms with Crippen LogP contribution in [-0.4, -0.2) is 14.3 Å². The molecule has 7 heteroatoms. The van der Waals surface area contributed by atoms with Crippen LogP contribution in [0.1, 0.15) is 49.5 Å². The number of rotatable bonds is 3. The van der Waals surface area contributed by atoms with E-state index in [0.29, 0.717) is 30.7 Å². The lowest BCUT2D eigenvalue weighted by Gasteiger charge is -2.69. The summed E-state index contributed by atoms with van der Waals surface area (Å²) >= 11 is 0. The minimum absolute atomic E-state index is 0.0767. The molecule has 0 amide bonds. The van der Waals surface area contributed by atoms with Gasteiger partial charge < -0.3 is 0 Å². The zero-order valence-corrected chi connectivity index (χ0v) is 13.5. The average molecular weight is 342 g/mol. The van der Waals surface area contributed by atoms with Crippen LogP contribution in [0.3, 0.4) is 0 Å². The fourth-order valence-electron chi connectivity index (χ4n) is 5.21. The molecule has 128 valence electrons. The molecule has 0 spiro atoms. The largest absolute Gasteiger partial charge is 0.347 e. The Morgan fingerprint density at radius 1 is 1.24 bits per heavy atom. The lowest BCUT2D eigenvalue weighted by molar-refractivity contribution is -0.191. The molecule has 0 radical (unpaired) electrons. The molecule has 2 aromatic rings. The molecule has 0 unspecified atom stereocenters. The monoisotopic (exact) mass is 342 g/mol. The van der Waals surface area contributed by atoms with Crippen LogP contribution >= 0.6 is 0 Å². The van der Waals surface area contributed by atoms with E-state index in [1.165, 1.54) is 12.1 Å². The highest BCUT2D eigenvalue weighted by atomic mass is 19.1. The highest BCUT2D eigenvalue weighted by molar-refractivity contribution is 5.26. The molecule has 4 aliphatic rings. The van der Waals surface area contributed by atoms with Crippen molar-refractivity contribution in [3.63, 3.8) is 0 Å². The van der Waals surface area contributed by atoms with Crippen LogP contribution < -0.4 is 5.69 Å². The van der Waals surface area contributed by atoms with E-state index in [9.17, 15) is 13.6 Å². The number of benzene rings is 1. The van der Waals surface area contributed by atoms with Gasteiger partial charge in [0.15, 0.2) is 0 Å². The summed E-state index contributed by atoms with van der Waals surface area (Å²) in [7, 11) is 0. The zero-order chi connectivity index (χ0) is 17.4. The Labute approximate surface area is 142 Å². The maximum Gasteiger partial charge on any atom is 0.347 e. The molecule has 5 nitrogen and oxygen atoms in total. The van der Waals surface area contributed by atoms with Crippen molar-refractivity contribution in [2.75, 3.05) is 0 Å². The molecular weight excluding hydrogens is 326 g/mol. The van der Waals surface area contributed by atoms with E-state index in [4.69, 9.17) is 5.26 Å². The minimum atomic E-state index is -0.637. The first-order valence-electron chi connectivity index (χ1n) is 8.49. The summed E-state index contributed by atoms with van der Waals surface area (Å²) in [6.07, 6.45) is 4.23. The summed E-state index contributed by atoms with van der Waals surface area (Å²) in [6.45, 7) is 0. The number of nitriles is 1. The van der Waals surface area contributed by atoms with Crippen molar-refractivity contribution >= 4 is 0 Å². The molecule has 1 aromatic heterocycles. The second kappa shape index (κ2) is 4.57. The molecule has 1 atom stereocenters. The number of aryl methyl sites for hydroxylation is 1. The van der Waals surface area contributed by atoms with Gasteiger partial charge in [-0.15, -0.1) is 0 Å². The molecule has 2 heterocycles. The van der Waals surface area contributed by atoms with E-state index in [1.54, 1.807) is 9.25 Å². The Kier molecular flexibility index (Phi) is 2.71. The Bertz CT molecular complexity index is 959. The fraction of sp³-hybridized carbons (Fsp3) is 0.500. The lowest BCUT2D eigenvalue weighted by Crippen LogP contribution is -2.69. The van der Waals surface area contributed by atoms with Gasteiger partial charge in [-0.3, -0.25) is 4.57 Å². The lowest BCUT2D eigenvalue weighted by atomic mass is 9.38. The fourth-order valence-corrected chi connectivity index (χ4v) is 5.21. The van der Waals surface area contributed by atoms with Gasteiger partial charge in [-0.05, 0) is 48.8 Å². The SMILES string of the molecule is N#CCC12CC(n3nc4n(c3=O)[C@H](c3cc(F)cc(F)c3)CC4)(C1)C2. The number of fused-ring (bicyclic) bond motifs is 1. The summed E-state index contributed by atoms with van der Waals surface area (Å²) in [5, 5.41) is 13.4. The number of aromatic nitrogens is 3. The highest BCUT2D eigenvalue weighted by Crippen LogP contribution is 2.72. The maximum atomic E-state index is 13.6. The van der Waals surface area contributed by atoms with Crippen LogP contribution in [0.25, 0.3) is 0 Å². The number of hydrogen-bond donors (Lipinski definition) is 0. The van der Waals surface area contributed by atoms with Crippen molar-refractivity contribution in [2.45, 2.75) is 50.1 Å². The van der Waals surface area contributed by atoms with Crippen LogP contribution in [0.4, 0.5) is 8.78 Å². The molecule has 0 N–H and O–H groups in total. The second-order valence-corrected chi connectivity index (χ2v) is 7.83. The van der Waals surface area contributed by atoms with E-state index in [2.05, 4.69) is 11.2 Å². The Morgan fingerprint density at radius 3 is 2.56 bits per heavy atom. The van der Waals surface area contributed by atoms with Crippen LogP contribution in [0.2, 0.25) is 0 Å². The number of halogens is 2. The molecule has 3 fully saturated rings. The van der Waals surface area contributed by atoms with Gasteiger partial charge in [0, 0.05) is 18.9 Å². The van der Waals surface area contributed by atoms with Gasteiger partial charge in [-0.25, -0.2) is 18.3 Å². The summed E-state index contributed by atoms with van der Waals surface area (Å²) in [5.41, 5.74) is 0.0972. The van der Waals surface area contributed by atoms with Crippen molar-refractivity contribution in [3.8, 4) is 6.07 Å². The molecule has 3 aliphatic carbocycles. The van der Waals surface area contributed by atoms with Crippen molar-refractivity contribution in [2.24, 2.45) is 5.41 Å². The van der Waals surface area contributed by atoms with Gasteiger partial charge >= 0.3 is 5.69 Å². The predicted octanol–water partition coefficient (Wildman–Crippen LogP) is 2.65. The van der Waals surface area contributed by atoms with E-state index < -0.39 is 11.6 Å². The summed E-state index contributed by atoms with van der Waals surface area (Å²) in [5.74, 6) is -0.595. The molecule has 1 aliphatic heterocycles. The third kappa shape index (κ3) is 1.85. The predicted molar refractivity (Wildman–Crippen MR) is 83.8 cm³/mol. The normalized spacial score (nSPS) is 31.8. The van der Waals surface area contributed by atoms with Gasteiger partial charge in [0.1, 0.15) is 17.5 Å². The topological polar surface area (TPSA) is 63.6 Å². The molecule has 2 bridgehead atoms. The van der Waals surface area contributed by atoms with Gasteiger partial charge in [0.2, 0.25) is 0 Å². The van der Waals surface area contributed by atoms with Crippen LogP contribution in [0, 0.1) is 28.4 Å². The average Bonchev–Trinajstić information content (AvgIpc) is 3.01. The molecule has 25 heavy (non-hydrogen) atoms. The van der Waals surface area contributed by atoms with Crippen LogP contribution in [0.15, 0.2) is 23.0 Å². The van der Waals surface area contributed by atoms with Crippen molar-refractivity contribution in [3.05, 3.63) is 51.7 Å². The first kappa shape index (κ1) is 14.8. The zero-order valence-electron chi connectivity index (χ0n) is 13.5. The number of nitrogens with zero attached hydrogens (tertiary/aromatic N) is 4. The minimum Gasteiger partial charge on any atom is -0.271 e. The molecule has 6 rings (SSSR count). The summed E-state index contributed by atoms with van der Waals surface area (Å²) in [6, 6.07) is 5.26. The molecule has 3 saturated carbocycles. The number of hydrogen-bond acceptors (Lipinski definition) is 3. The van der Waals surface area contributed by atoms with Gasteiger partial charge in [0.25, 0.3) is 0 Å². The Hall–Kier alpha value is -2.49. The molecule has 1 aromatic carbocycles.